The van der Waals surface area contributed by atoms with Crippen molar-refractivity contribution in [2.45, 2.75) is 54.5 Å². The van der Waals surface area contributed by atoms with Gasteiger partial charge >= 0.3 is 0 Å². The van der Waals surface area contributed by atoms with Crippen LogP contribution < -0.4 is 0 Å². The van der Waals surface area contributed by atoms with Crippen molar-refractivity contribution in [3.63, 3.8) is 0 Å². The second kappa shape index (κ2) is 10.2. The maximum Gasteiger partial charge on any atom is 0.0236 e. The van der Waals surface area contributed by atoms with Crippen LogP contribution in [0.1, 0.15) is 58.2 Å². The van der Waals surface area contributed by atoms with E-state index in [9.17, 15) is 0 Å². The fourth-order valence-electron chi connectivity index (χ4n) is 3.06. The Morgan fingerprint density at radius 3 is 2.04 bits per heavy atom. The third-order valence-corrected chi connectivity index (χ3v) is 4.24. The van der Waals surface area contributed by atoms with Gasteiger partial charge in [-0.25, -0.2) is 0 Å². The number of nitrogens with zero attached hydrogens (tertiary/aromatic N) is 1. The molecule has 0 unspecified atom stereocenters. The molecule has 0 saturated heterocycles. The highest BCUT2D eigenvalue weighted by Gasteiger charge is 2.20. The van der Waals surface area contributed by atoms with Crippen LogP contribution in [0.25, 0.3) is 11.1 Å². The molecule has 0 aliphatic heterocycles. The zero-order valence-electron chi connectivity index (χ0n) is 15.8. The average molecular weight is 312 g/mol. The first-order valence-electron chi connectivity index (χ1n) is 9.24. The molecule has 0 fully saturated rings. The quantitative estimate of drug-likeness (QED) is 0.558. The highest BCUT2D eigenvalue weighted by molar-refractivity contribution is 5.77. The molecule has 0 radical (unpaired) electrons. The van der Waals surface area contributed by atoms with Crippen LogP contribution in [0.5, 0.6) is 0 Å². The zero-order valence-corrected chi connectivity index (χ0v) is 15.8. The molecule has 126 valence electrons. The largest absolute Gasteiger partial charge is 0.300 e. The van der Waals surface area contributed by atoms with Gasteiger partial charge in [0.1, 0.15) is 0 Å². The van der Waals surface area contributed by atoms with E-state index >= 15 is 0 Å². The lowest BCUT2D eigenvalue weighted by Crippen LogP contribution is -2.22. The summed E-state index contributed by atoms with van der Waals surface area (Å²) in [7, 11) is 0. The van der Waals surface area contributed by atoms with Crippen molar-refractivity contribution in [2.75, 3.05) is 13.1 Å². The Bertz CT molecular complexity index is 582. The monoisotopic (exact) mass is 311 g/mol. The molecule has 0 bridgehead atoms. The van der Waals surface area contributed by atoms with E-state index in [0.29, 0.717) is 0 Å². The average Bonchev–Trinajstić information content (AvgIpc) is 3.02. The van der Waals surface area contributed by atoms with Crippen molar-refractivity contribution in [1.82, 2.24) is 4.90 Å². The van der Waals surface area contributed by atoms with E-state index in [4.69, 9.17) is 0 Å². The van der Waals surface area contributed by atoms with E-state index < -0.39 is 0 Å². The lowest BCUT2D eigenvalue weighted by Gasteiger charge is -2.20. The van der Waals surface area contributed by atoms with Crippen LogP contribution in [-0.2, 0) is 13.0 Å². The topological polar surface area (TPSA) is 3.24 Å². The summed E-state index contributed by atoms with van der Waals surface area (Å²) in [6.07, 6.45) is 1.10. The number of rotatable bonds is 4. The highest BCUT2D eigenvalue weighted by atomic mass is 15.1. The van der Waals surface area contributed by atoms with E-state index in [2.05, 4.69) is 61.2 Å². The molecule has 23 heavy (non-hydrogen) atoms. The lowest BCUT2D eigenvalue weighted by molar-refractivity contribution is 0.295. The SMILES string of the molecule is CC.CC.CCN(CC)Cc1cccc2c1Cc1ccccc1-2. The molecule has 2 aromatic carbocycles. The fraction of sp³-hybridized carbons (Fsp3) is 0.455. The first kappa shape index (κ1) is 19.4. The number of hydrogen-bond acceptors (Lipinski definition) is 1. The predicted molar refractivity (Wildman–Crippen MR) is 104 cm³/mol. The molecular weight excluding hydrogens is 278 g/mol. The Kier molecular flexibility index (Phi) is 8.65. The first-order chi connectivity index (χ1) is 11.3. The number of benzene rings is 2. The van der Waals surface area contributed by atoms with Crippen molar-refractivity contribution in [1.29, 1.82) is 0 Å². The smallest absolute Gasteiger partial charge is 0.0236 e. The van der Waals surface area contributed by atoms with E-state index in [0.717, 1.165) is 26.1 Å². The van der Waals surface area contributed by atoms with Gasteiger partial charge in [-0.1, -0.05) is 84.0 Å². The van der Waals surface area contributed by atoms with Crippen molar-refractivity contribution in [3.8, 4) is 11.1 Å². The van der Waals surface area contributed by atoms with Crippen molar-refractivity contribution >= 4 is 0 Å². The van der Waals surface area contributed by atoms with Crippen LogP contribution in [0, 0.1) is 0 Å². The summed E-state index contributed by atoms with van der Waals surface area (Å²) < 4.78 is 0. The molecular formula is C22H33N. The minimum atomic E-state index is 1.07. The number of fused-ring (bicyclic) bond motifs is 3. The van der Waals surface area contributed by atoms with E-state index in [1.54, 1.807) is 0 Å². The molecule has 0 N–H and O–H groups in total. The zero-order chi connectivity index (χ0) is 17.2. The standard InChI is InChI=1S/C18H21N.2C2H6/c1-3-19(4-2)13-15-9-7-11-17-16-10-6-5-8-14(16)12-18(15)17;2*1-2/h5-11H,3-4,12-13H2,1-2H3;2*1-2H3. The molecule has 1 aliphatic rings. The Balaban J connectivity index is 0.000000615. The molecule has 0 atom stereocenters. The Hall–Kier alpha value is -1.60. The molecule has 1 heteroatoms. The third-order valence-electron chi connectivity index (χ3n) is 4.24. The van der Waals surface area contributed by atoms with Gasteiger partial charge in [0.2, 0.25) is 0 Å². The summed E-state index contributed by atoms with van der Waals surface area (Å²) in [4.78, 5) is 2.48. The number of hydrogen-bond donors (Lipinski definition) is 0. The van der Waals surface area contributed by atoms with Gasteiger partial charge in [-0.05, 0) is 47.3 Å². The molecule has 3 rings (SSSR count). The maximum atomic E-state index is 2.48. The molecule has 1 aliphatic carbocycles. The van der Waals surface area contributed by atoms with Gasteiger partial charge < -0.3 is 0 Å². The maximum absolute atomic E-state index is 2.48. The van der Waals surface area contributed by atoms with E-state index in [-0.39, 0.29) is 0 Å². The van der Waals surface area contributed by atoms with Gasteiger partial charge in [0.25, 0.3) is 0 Å². The summed E-state index contributed by atoms with van der Waals surface area (Å²) >= 11 is 0. The normalized spacial score (nSPS) is 10.9. The van der Waals surface area contributed by atoms with Gasteiger partial charge in [0.05, 0.1) is 0 Å². The van der Waals surface area contributed by atoms with Crippen LogP contribution in [-0.4, -0.2) is 18.0 Å². The predicted octanol–water partition coefficient (Wildman–Crippen LogP) is 6.15. The minimum absolute atomic E-state index is 1.07. The van der Waals surface area contributed by atoms with Crippen molar-refractivity contribution in [3.05, 3.63) is 59.2 Å². The molecule has 0 spiro atoms. The minimum Gasteiger partial charge on any atom is -0.300 e. The second-order valence-corrected chi connectivity index (χ2v) is 5.24. The molecule has 0 heterocycles. The summed E-state index contributed by atoms with van der Waals surface area (Å²) in [5.41, 5.74) is 7.39. The molecule has 1 nitrogen and oxygen atoms in total. The summed E-state index contributed by atoms with van der Waals surface area (Å²) in [5.74, 6) is 0. The van der Waals surface area contributed by atoms with Crippen LogP contribution >= 0.6 is 0 Å². The van der Waals surface area contributed by atoms with Gasteiger partial charge in [-0.3, -0.25) is 4.90 Å². The van der Waals surface area contributed by atoms with Crippen molar-refractivity contribution < 1.29 is 0 Å². The highest BCUT2D eigenvalue weighted by Crippen LogP contribution is 2.38. The molecule has 2 aromatic rings. The van der Waals surface area contributed by atoms with Crippen LogP contribution in [0.2, 0.25) is 0 Å². The van der Waals surface area contributed by atoms with Crippen LogP contribution in [0.3, 0.4) is 0 Å². The summed E-state index contributed by atoms with van der Waals surface area (Å²) in [5, 5.41) is 0. The summed E-state index contributed by atoms with van der Waals surface area (Å²) in [6.45, 7) is 15.8. The van der Waals surface area contributed by atoms with Gasteiger partial charge in [-0.2, -0.15) is 0 Å². The van der Waals surface area contributed by atoms with E-state index in [1.807, 2.05) is 27.7 Å². The van der Waals surface area contributed by atoms with Gasteiger partial charge in [0, 0.05) is 6.54 Å². The van der Waals surface area contributed by atoms with Crippen LogP contribution in [0.15, 0.2) is 42.5 Å². The lowest BCUT2D eigenvalue weighted by atomic mass is 10.0. The van der Waals surface area contributed by atoms with Crippen molar-refractivity contribution in [2.24, 2.45) is 0 Å². The van der Waals surface area contributed by atoms with Crippen LogP contribution in [0.4, 0.5) is 0 Å². The van der Waals surface area contributed by atoms with Gasteiger partial charge in [0.15, 0.2) is 0 Å². The molecule has 0 amide bonds. The van der Waals surface area contributed by atoms with Gasteiger partial charge in [-0.15, -0.1) is 0 Å². The fourth-order valence-corrected chi connectivity index (χ4v) is 3.06. The Morgan fingerprint density at radius 1 is 0.783 bits per heavy atom. The van der Waals surface area contributed by atoms with E-state index in [1.165, 1.54) is 27.8 Å². The third kappa shape index (κ3) is 4.45. The summed E-state index contributed by atoms with van der Waals surface area (Å²) in [6, 6.07) is 15.6. The Labute approximate surface area is 143 Å². The first-order valence-corrected chi connectivity index (χ1v) is 9.24. The second-order valence-electron chi connectivity index (χ2n) is 5.24. The molecule has 0 saturated carbocycles. The Morgan fingerprint density at radius 2 is 1.39 bits per heavy atom. The molecule has 0 aromatic heterocycles.